The van der Waals surface area contributed by atoms with Gasteiger partial charge in [0.05, 0.1) is 0 Å². The van der Waals surface area contributed by atoms with Crippen molar-refractivity contribution in [3.05, 3.63) is 53.2 Å². The van der Waals surface area contributed by atoms with Gasteiger partial charge in [-0.2, -0.15) is 4.31 Å². The molecule has 6 nitrogen and oxygen atoms in total. The standard InChI is InChI=1S/C18H21FN2O4S/c1-13-17(26(23,24)21-10-4-5-11-21)12-16(25-13)18(22)20-9-8-14-6-2-3-7-15(14)19/h2-3,6-7,12H,4-5,8-11H2,1H3,(H,20,22). The molecule has 1 fully saturated rings. The van der Waals surface area contributed by atoms with Gasteiger partial charge in [0, 0.05) is 25.7 Å². The van der Waals surface area contributed by atoms with Crippen molar-refractivity contribution in [1.82, 2.24) is 9.62 Å². The Morgan fingerprint density at radius 1 is 1.27 bits per heavy atom. The largest absolute Gasteiger partial charge is 0.455 e. The van der Waals surface area contributed by atoms with Gasteiger partial charge in [-0.15, -0.1) is 0 Å². The van der Waals surface area contributed by atoms with E-state index in [0.29, 0.717) is 25.1 Å². The molecule has 140 valence electrons. The van der Waals surface area contributed by atoms with E-state index in [1.54, 1.807) is 18.2 Å². The number of benzene rings is 1. The van der Waals surface area contributed by atoms with Gasteiger partial charge >= 0.3 is 0 Å². The number of halogens is 1. The zero-order valence-corrected chi connectivity index (χ0v) is 15.3. The number of nitrogens with one attached hydrogen (secondary N) is 1. The van der Waals surface area contributed by atoms with Crippen molar-refractivity contribution in [2.45, 2.75) is 31.1 Å². The highest BCUT2D eigenvalue weighted by Gasteiger charge is 2.31. The van der Waals surface area contributed by atoms with E-state index in [2.05, 4.69) is 5.32 Å². The highest BCUT2D eigenvalue weighted by molar-refractivity contribution is 7.89. The van der Waals surface area contributed by atoms with Crippen LogP contribution in [0.3, 0.4) is 0 Å². The number of nitrogens with zero attached hydrogens (tertiary/aromatic N) is 1. The van der Waals surface area contributed by atoms with Crippen molar-refractivity contribution in [2.24, 2.45) is 0 Å². The van der Waals surface area contributed by atoms with Gasteiger partial charge in [0.1, 0.15) is 16.5 Å². The predicted octanol–water partition coefficient (Wildman–Crippen LogP) is 2.48. The molecule has 0 bridgehead atoms. The second-order valence-corrected chi connectivity index (χ2v) is 8.15. The van der Waals surface area contributed by atoms with E-state index in [1.807, 2.05) is 0 Å². The number of aryl methyl sites for hydroxylation is 1. The summed E-state index contributed by atoms with van der Waals surface area (Å²) in [7, 11) is -3.64. The van der Waals surface area contributed by atoms with Crippen molar-refractivity contribution in [2.75, 3.05) is 19.6 Å². The molecule has 0 spiro atoms. The summed E-state index contributed by atoms with van der Waals surface area (Å²) in [5.74, 6) is -0.716. The average molecular weight is 380 g/mol. The number of carbonyl (C=O) groups excluding carboxylic acids is 1. The van der Waals surface area contributed by atoms with Crippen molar-refractivity contribution < 1.29 is 22.0 Å². The van der Waals surface area contributed by atoms with E-state index in [0.717, 1.165) is 12.8 Å². The lowest BCUT2D eigenvalue weighted by molar-refractivity contribution is 0.0925. The van der Waals surface area contributed by atoms with Gasteiger partial charge in [0.15, 0.2) is 5.76 Å². The first kappa shape index (κ1) is 18.6. The molecule has 1 aromatic carbocycles. The Morgan fingerprint density at radius 2 is 1.96 bits per heavy atom. The fourth-order valence-corrected chi connectivity index (χ4v) is 4.68. The summed E-state index contributed by atoms with van der Waals surface area (Å²) in [4.78, 5) is 12.3. The Hall–Kier alpha value is -2.19. The van der Waals surface area contributed by atoms with Gasteiger partial charge in [0.2, 0.25) is 10.0 Å². The van der Waals surface area contributed by atoms with E-state index >= 15 is 0 Å². The maximum atomic E-state index is 13.6. The third-order valence-corrected chi connectivity index (χ3v) is 6.42. The van der Waals surface area contributed by atoms with Crippen molar-refractivity contribution in [1.29, 1.82) is 0 Å². The highest BCUT2D eigenvalue weighted by Crippen LogP contribution is 2.26. The summed E-state index contributed by atoms with van der Waals surface area (Å²) < 4.78 is 45.6. The number of hydrogen-bond acceptors (Lipinski definition) is 4. The van der Waals surface area contributed by atoms with Crippen LogP contribution in [0.5, 0.6) is 0 Å². The third kappa shape index (κ3) is 3.81. The van der Waals surface area contributed by atoms with Crippen LogP contribution < -0.4 is 5.32 Å². The second-order valence-electron chi connectivity index (χ2n) is 6.24. The lowest BCUT2D eigenvalue weighted by atomic mass is 10.1. The van der Waals surface area contributed by atoms with Crippen LogP contribution in [0, 0.1) is 12.7 Å². The van der Waals surface area contributed by atoms with E-state index in [4.69, 9.17) is 4.42 Å². The monoisotopic (exact) mass is 380 g/mol. The van der Waals surface area contributed by atoms with Crippen molar-refractivity contribution in [3.8, 4) is 0 Å². The quantitative estimate of drug-likeness (QED) is 0.835. The van der Waals surface area contributed by atoms with E-state index in [9.17, 15) is 17.6 Å². The van der Waals surface area contributed by atoms with Gasteiger partial charge < -0.3 is 9.73 Å². The van der Waals surface area contributed by atoms with Crippen LogP contribution in [0.2, 0.25) is 0 Å². The zero-order valence-electron chi connectivity index (χ0n) is 14.5. The third-order valence-electron chi connectivity index (χ3n) is 4.42. The average Bonchev–Trinajstić information content (AvgIpc) is 3.26. The first-order valence-electron chi connectivity index (χ1n) is 8.52. The maximum Gasteiger partial charge on any atom is 0.287 e. The molecule has 1 amide bonds. The molecule has 0 radical (unpaired) electrons. The maximum absolute atomic E-state index is 13.6. The van der Waals surface area contributed by atoms with Crippen LogP contribution in [0.1, 0.15) is 34.7 Å². The molecule has 26 heavy (non-hydrogen) atoms. The Balaban J connectivity index is 1.66. The highest BCUT2D eigenvalue weighted by atomic mass is 32.2. The minimum atomic E-state index is -3.64. The fourth-order valence-electron chi connectivity index (χ4n) is 3.00. The molecule has 1 N–H and O–H groups in total. The molecular formula is C18H21FN2O4S. The molecule has 3 rings (SSSR count). The zero-order chi connectivity index (χ0) is 18.7. The smallest absolute Gasteiger partial charge is 0.287 e. The summed E-state index contributed by atoms with van der Waals surface area (Å²) in [6, 6.07) is 7.61. The van der Waals surface area contributed by atoms with Gasteiger partial charge in [-0.05, 0) is 37.8 Å². The van der Waals surface area contributed by atoms with E-state index in [-0.39, 0.29) is 28.8 Å². The van der Waals surface area contributed by atoms with E-state index < -0.39 is 15.9 Å². The summed E-state index contributed by atoms with van der Waals surface area (Å²) in [5.41, 5.74) is 0.501. The summed E-state index contributed by atoms with van der Waals surface area (Å²) in [5, 5.41) is 2.63. The van der Waals surface area contributed by atoms with E-state index in [1.165, 1.54) is 23.4 Å². The molecular weight excluding hydrogens is 359 g/mol. The molecule has 2 heterocycles. The topological polar surface area (TPSA) is 79.6 Å². The van der Waals surface area contributed by atoms with Gasteiger partial charge in [-0.25, -0.2) is 12.8 Å². The number of hydrogen-bond donors (Lipinski definition) is 1. The van der Waals surface area contributed by atoms with Crippen molar-refractivity contribution in [3.63, 3.8) is 0 Å². The van der Waals surface area contributed by atoms with Crippen LogP contribution >= 0.6 is 0 Å². The Kier molecular flexibility index (Phi) is 5.43. The number of carbonyl (C=O) groups is 1. The van der Waals surface area contributed by atoms with Crippen molar-refractivity contribution >= 4 is 15.9 Å². The second kappa shape index (κ2) is 7.59. The Bertz CT molecular complexity index is 902. The SMILES string of the molecule is Cc1oc(C(=O)NCCc2ccccc2F)cc1S(=O)(=O)N1CCCC1. The lowest BCUT2D eigenvalue weighted by Crippen LogP contribution is -2.28. The van der Waals surface area contributed by atoms with Crippen LogP contribution in [-0.2, 0) is 16.4 Å². The first-order valence-corrected chi connectivity index (χ1v) is 9.96. The number of rotatable bonds is 6. The number of amides is 1. The van der Waals surface area contributed by atoms with Crippen LogP contribution in [0.25, 0.3) is 0 Å². The molecule has 8 heteroatoms. The lowest BCUT2D eigenvalue weighted by Gasteiger charge is -2.14. The molecule has 1 aromatic heterocycles. The first-order chi connectivity index (χ1) is 12.4. The fraction of sp³-hybridized carbons (Fsp3) is 0.389. The molecule has 2 aromatic rings. The molecule has 1 aliphatic heterocycles. The minimum Gasteiger partial charge on any atom is -0.455 e. The van der Waals surface area contributed by atoms with Gasteiger partial charge in [0.25, 0.3) is 5.91 Å². The predicted molar refractivity (Wildman–Crippen MR) is 93.9 cm³/mol. The molecule has 0 aliphatic carbocycles. The Morgan fingerprint density at radius 3 is 2.65 bits per heavy atom. The molecule has 0 saturated carbocycles. The normalized spacial score (nSPS) is 15.3. The summed E-state index contributed by atoms with van der Waals surface area (Å²) >= 11 is 0. The Labute approximate surface area is 152 Å². The molecule has 0 unspecified atom stereocenters. The molecule has 1 saturated heterocycles. The molecule has 0 atom stereocenters. The van der Waals surface area contributed by atoms with Crippen LogP contribution in [0.4, 0.5) is 4.39 Å². The van der Waals surface area contributed by atoms with Gasteiger partial charge in [-0.1, -0.05) is 18.2 Å². The van der Waals surface area contributed by atoms with Crippen LogP contribution in [0.15, 0.2) is 39.6 Å². The van der Waals surface area contributed by atoms with Crippen LogP contribution in [-0.4, -0.2) is 38.3 Å². The number of furan rings is 1. The molecule has 1 aliphatic rings. The number of sulfonamides is 1. The minimum absolute atomic E-state index is 0.0265. The summed E-state index contributed by atoms with van der Waals surface area (Å²) in [6.45, 7) is 2.71. The van der Waals surface area contributed by atoms with Gasteiger partial charge in [-0.3, -0.25) is 4.79 Å². The summed E-state index contributed by atoms with van der Waals surface area (Å²) in [6.07, 6.45) is 2.00.